The van der Waals surface area contributed by atoms with Crippen LogP contribution in [0.3, 0.4) is 0 Å². The summed E-state index contributed by atoms with van der Waals surface area (Å²) in [6.45, 7) is 0.441. The molecule has 96 valence electrons. The summed E-state index contributed by atoms with van der Waals surface area (Å²) >= 11 is 0. The third-order valence-corrected chi connectivity index (χ3v) is 3.16. The van der Waals surface area contributed by atoms with Gasteiger partial charge in [-0.1, -0.05) is 36.4 Å². The molecule has 3 rings (SSSR count). The van der Waals surface area contributed by atoms with Crippen LogP contribution in [0.5, 0.6) is 5.75 Å². The van der Waals surface area contributed by atoms with Crippen LogP contribution in [0.25, 0.3) is 0 Å². The Kier molecular flexibility index (Phi) is 3.19. The molecule has 0 atom stereocenters. The lowest BCUT2D eigenvalue weighted by atomic mass is 10.0. The molecule has 1 heterocycles. The molecule has 0 aromatic heterocycles. The SMILES string of the molecule is O=C1CCOc2ccc(Cc3ccccc3)cc2N1. The molecule has 0 spiro atoms. The van der Waals surface area contributed by atoms with Crippen molar-refractivity contribution in [2.24, 2.45) is 0 Å². The lowest BCUT2D eigenvalue weighted by Crippen LogP contribution is -2.10. The van der Waals surface area contributed by atoms with Crippen LogP contribution in [0.2, 0.25) is 0 Å². The fourth-order valence-corrected chi connectivity index (χ4v) is 2.21. The third-order valence-electron chi connectivity index (χ3n) is 3.16. The minimum absolute atomic E-state index is 0.00983. The van der Waals surface area contributed by atoms with Gasteiger partial charge >= 0.3 is 0 Å². The van der Waals surface area contributed by atoms with E-state index in [1.807, 2.05) is 36.4 Å². The number of carbonyl (C=O) groups is 1. The van der Waals surface area contributed by atoms with Crippen LogP contribution in [0.1, 0.15) is 17.5 Å². The van der Waals surface area contributed by atoms with Crippen molar-refractivity contribution in [1.29, 1.82) is 0 Å². The topological polar surface area (TPSA) is 38.3 Å². The molecule has 0 unspecified atom stereocenters. The van der Waals surface area contributed by atoms with Gasteiger partial charge in [0.15, 0.2) is 0 Å². The first-order valence-electron chi connectivity index (χ1n) is 6.41. The minimum atomic E-state index is 0.00983. The first-order valence-corrected chi connectivity index (χ1v) is 6.41. The molecule has 1 aliphatic rings. The smallest absolute Gasteiger partial charge is 0.227 e. The standard InChI is InChI=1S/C16H15NO2/c18-16-8-9-19-15-7-6-13(11-14(15)17-16)10-12-4-2-1-3-5-12/h1-7,11H,8-10H2,(H,17,18). The van der Waals surface area contributed by atoms with Gasteiger partial charge in [0.1, 0.15) is 5.75 Å². The van der Waals surface area contributed by atoms with Gasteiger partial charge in [-0.15, -0.1) is 0 Å². The van der Waals surface area contributed by atoms with Crippen molar-refractivity contribution in [3.05, 3.63) is 59.7 Å². The van der Waals surface area contributed by atoms with E-state index in [0.717, 1.165) is 23.4 Å². The van der Waals surface area contributed by atoms with Gasteiger partial charge in [-0.2, -0.15) is 0 Å². The summed E-state index contributed by atoms with van der Waals surface area (Å²) in [5, 5.41) is 2.88. The van der Waals surface area contributed by atoms with E-state index in [9.17, 15) is 4.79 Å². The number of benzene rings is 2. The monoisotopic (exact) mass is 253 g/mol. The highest BCUT2D eigenvalue weighted by Crippen LogP contribution is 2.28. The van der Waals surface area contributed by atoms with Gasteiger partial charge in [0, 0.05) is 0 Å². The Morgan fingerprint density at radius 2 is 1.89 bits per heavy atom. The molecule has 0 saturated carbocycles. The number of carbonyl (C=O) groups excluding carboxylic acids is 1. The maximum absolute atomic E-state index is 11.5. The second-order valence-electron chi connectivity index (χ2n) is 4.64. The maximum atomic E-state index is 11.5. The summed E-state index contributed by atoms with van der Waals surface area (Å²) in [4.78, 5) is 11.5. The summed E-state index contributed by atoms with van der Waals surface area (Å²) in [5.41, 5.74) is 3.19. The van der Waals surface area contributed by atoms with Crippen molar-refractivity contribution in [3.8, 4) is 5.75 Å². The highest BCUT2D eigenvalue weighted by molar-refractivity contribution is 5.93. The summed E-state index contributed by atoms with van der Waals surface area (Å²) < 4.78 is 5.54. The lowest BCUT2D eigenvalue weighted by Gasteiger charge is -2.09. The number of nitrogens with one attached hydrogen (secondary N) is 1. The second kappa shape index (κ2) is 5.14. The molecule has 3 heteroatoms. The van der Waals surface area contributed by atoms with Crippen LogP contribution < -0.4 is 10.1 Å². The van der Waals surface area contributed by atoms with Gasteiger partial charge in [0.25, 0.3) is 0 Å². The summed E-state index contributed by atoms with van der Waals surface area (Å²) in [5.74, 6) is 0.762. The largest absolute Gasteiger partial charge is 0.491 e. The third kappa shape index (κ3) is 2.76. The highest BCUT2D eigenvalue weighted by atomic mass is 16.5. The van der Waals surface area contributed by atoms with E-state index in [2.05, 4.69) is 17.4 Å². The predicted molar refractivity (Wildman–Crippen MR) is 74.4 cm³/mol. The molecule has 2 aromatic carbocycles. The molecule has 3 nitrogen and oxygen atoms in total. The average Bonchev–Trinajstić information content (AvgIpc) is 2.60. The van der Waals surface area contributed by atoms with Crippen LogP contribution in [-0.4, -0.2) is 12.5 Å². The predicted octanol–water partition coefficient (Wildman–Crippen LogP) is 3.00. The number of hydrogen-bond acceptors (Lipinski definition) is 2. The number of anilines is 1. The van der Waals surface area contributed by atoms with Crippen molar-refractivity contribution in [3.63, 3.8) is 0 Å². The Balaban J connectivity index is 1.86. The fourth-order valence-electron chi connectivity index (χ4n) is 2.21. The molecule has 1 amide bonds. The molecule has 0 radical (unpaired) electrons. The van der Waals surface area contributed by atoms with E-state index in [4.69, 9.17) is 4.74 Å². The van der Waals surface area contributed by atoms with Gasteiger partial charge in [-0.25, -0.2) is 0 Å². The average molecular weight is 253 g/mol. The zero-order valence-corrected chi connectivity index (χ0v) is 10.6. The first kappa shape index (κ1) is 11.8. The molecular weight excluding hydrogens is 238 g/mol. The zero-order chi connectivity index (χ0) is 13.1. The van der Waals surface area contributed by atoms with Crippen LogP contribution in [0, 0.1) is 0 Å². The number of hydrogen-bond donors (Lipinski definition) is 1. The van der Waals surface area contributed by atoms with Crippen LogP contribution in [0.4, 0.5) is 5.69 Å². The Morgan fingerprint density at radius 1 is 1.05 bits per heavy atom. The molecule has 2 aromatic rings. The van der Waals surface area contributed by atoms with Crippen molar-refractivity contribution in [1.82, 2.24) is 0 Å². The Hall–Kier alpha value is -2.29. The maximum Gasteiger partial charge on any atom is 0.227 e. The molecule has 0 fully saturated rings. The van der Waals surface area contributed by atoms with E-state index in [1.165, 1.54) is 5.56 Å². The van der Waals surface area contributed by atoms with Gasteiger partial charge in [0.2, 0.25) is 5.91 Å². The molecule has 0 bridgehead atoms. The fraction of sp³-hybridized carbons (Fsp3) is 0.188. The first-order chi connectivity index (χ1) is 9.31. The van der Waals surface area contributed by atoms with Crippen LogP contribution in [0.15, 0.2) is 48.5 Å². The zero-order valence-electron chi connectivity index (χ0n) is 10.6. The Labute approximate surface area is 112 Å². The molecule has 19 heavy (non-hydrogen) atoms. The minimum Gasteiger partial charge on any atom is -0.491 e. The lowest BCUT2D eigenvalue weighted by molar-refractivity contribution is -0.116. The Bertz CT molecular complexity index is 593. The van der Waals surface area contributed by atoms with Crippen molar-refractivity contribution in [2.45, 2.75) is 12.8 Å². The van der Waals surface area contributed by atoms with Crippen LogP contribution in [-0.2, 0) is 11.2 Å². The van der Waals surface area contributed by atoms with E-state index in [-0.39, 0.29) is 5.91 Å². The van der Waals surface area contributed by atoms with Gasteiger partial charge in [0.05, 0.1) is 18.7 Å². The van der Waals surface area contributed by atoms with Crippen molar-refractivity contribution < 1.29 is 9.53 Å². The Morgan fingerprint density at radius 3 is 2.74 bits per heavy atom. The van der Waals surface area contributed by atoms with E-state index in [0.29, 0.717) is 13.0 Å². The molecule has 1 N–H and O–H groups in total. The molecule has 0 saturated heterocycles. The molecule has 1 aliphatic heterocycles. The quantitative estimate of drug-likeness (QED) is 0.893. The molecule has 0 aliphatic carbocycles. The van der Waals surface area contributed by atoms with Crippen molar-refractivity contribution >= 4 is 11.6 Å². The summed E-state index contributed by atoms with van der Waals surface area (Å²) in [6.07, 6.45) is 1.26. The van der Waals surface area contributed by atoms with Gasteiger partial charge < -0.3 is 10.1 Å². The number of rotatable bonds is 2. The van der Waals surface area contributed by atoms with E-state index < -0.39 is 0 Å². The normalized spacial score (nSPS) is 14.0. The van der Waals surface area contributed by atoms with Gasteiger partial charge in [-0.05, 0) is 29.7 Å². The second-order valence-corrected chi connectivity index (χ2v) is 4.64. The summed E-state index contributed by atoms with van der Waals surface area (Å²) in [7, 11) is 0. The number of amides is 1. The molecular formula is C16H15NO2. The van der Waals surface area contributed by atoms with Crippen LogP contribution >= 0.6 is 0 Å². The summed E-state index contributed by atoms with van der Waals surface area (Å²) in [6, 6.07) is 16.2. The van der Waals surface area contributed by atoms with E-state index >= 15 is 0 Å². The van der Waals surface area contributed by atoms with Gasteiger partial charge in [-0.3, -0.25) is 4.79 Å². The number of ether oxygens (including phenoxy) is 1. The van der Waals surface area contributed by atoms with Crippen molar-refractivity contribution in [2.75, 3.05) is 11.9 Å². The highest BCUT2D eigenvalue weighted by Gasteiger charge is 2.13. The number of fused-ring (bicyclic) bond motifs is 1. The van der Waals surface area contributed by atoms with E-state index in [1.54, 1.807) is 0 Å².